The normalized spacial score (nSPS) is 16.1. The van der Waals surface area contributed by atoms with Gasteiger partial charge in [0.25, 0.3) is 0 Å². The van der Waals surface area contributed by atoms with Crippen molar-refractivity contribution in [1.29, 1.82) is 0 Å². The maximum absolute atomic E-state index is 11.7. The number of hydrogen-bond donors (Lipinski definition) is 0. The van der Waals surface area contributed by atoms with Gasteiger partial charge in [0, 0.05) is 43.3 Å². The van der Waals surface area contributed by atoms with Gasteiger partial charge in [-0.2, -0.15) is 0 Å². The predicted octanol–water partition coefficient (Wildman–Crippen LogP) is 3.25. The van der Waals surface area contributed by atoms with Crippen LogP contribution in [0.3, 0.4) is 0 Å². The molecule has 0 N–H and O–H groups in total. The summed E-state index contributed by atoms with van der Waals surface area (Å²) in [6, 6.07) is 5.20. The van der Waals surface area contributed by atoms with Crippen LogP contribution in [0.2, 0.25) is 0 Å². The summed E-state index contributed by atoms with van der Waals surface area (Å²) in [5, 5.41) is 1.27. The maximum Gasteiger partial charge on any atom is 0.308 e. The summed E-state index contributed by atoms with van der Waals surface area (Å²) in [6.07, 6.45) is 2.87. The number of carbonyl (C=O) groups is 1. The maximum atomic E-state index is 11.7. The molecule has 4 heteroatoms. The highest BCUT2D eigenvalue weighted by atomic mass is 16.5. The lowest BCUT2D eigenvalue weighted by Gasteiger charge is -2.18. The highest BCUT2D eigenvalue weighted by Crippen LogP contribution is 2.32. The second-order valence-electron chi connectivity index (χ2n) is 7.03. The smallest absolute Gasteiger partial charge is 0.308 e. The third-order valence-electron chi connectivity index (χ3n) is 5.00. The minimum Gasteiger partial charge on any atom is -0.469 e. The van der Waals surface area contributed by atoms with E-state index in [-0.39, 0.29) is 11.9 Å². The summed E-state index contributed by atoms with van der Waals surface area (Å²) >= 11 is 0. The SMILES string of the molecule is COC(=O)C(C)Cc1cn(C)c2cc3c(cc12)CN(C(C)C)C3. The van der Waals surface area contributed by atoms with E-state index in [1.807, 2.05) is 6.92 Å². The van der Waals surface area contributed by atoms with Crippen LogP contribution >= 0.6 is 0 Å². The van der Waals surface area contributed by atoms with E-state index < -0.39 is 0 Å². The average molecular weight is 314 g/mol. The third-order valence-corrected chi connectivity index (χ3v) is 5.00. The number of aryl methyl sites for hydroxylation is 1. The molecule has 0 saturated carbocycles. The van der Waals surface area contributed by atoms with Crippen LogP contribution in [-0.4, -0.2) is 28.6 Å². The summed E-state index contributed by atoms with van der Waals surface area (Å²) in [6.45, 7) is 8.47. The zero-order valence-corrected chi connectivity index (χ0v) is 14.7. The molecule has 1 unspecified atom stereocenters. The molecule has 1 aromatic carbocycles. The molecule has 2 heterocycles. The molecule has 1 aliphatic rings. The van der Waals surface area contributed by atoms with Crippen LogP contribution in [0.4, 0.5) is 0 Å². The Morgan fingerprint density at radius 2 is 1.87 bits per heavy atom. The summed E-state index contributed by atoms with van der Waals surface area (Å²) in [4.78, 5) is 14.2. The van der Waals surface area contributed by atoms with E-state index in [0.29, 0.717) is 6.04 Å². The standard InChI is InChI=1S/C19H26N2O2/c1-12(2)21-10-14-7-17-16(6-13(3)19(22)23-5)9-20(4)18(17)8-15(14)11-21/h7-9,12-13H,6,10-11H2,1-5H3. The van der Waals surface area contributed by atoms with Gasteiger partial charge in [-0.05, 0) is 49.1 Å². The van der Waals surface area contributed by atoms with Gasteiger partial charge < -0.3 is 9.30 Å². The van der Waals surface area contributed by atoms with E-state index in [1.165, 1.54) is 34.7 Å². The van der Waals surface area contributed by atoms with E-state index in [4.69, 9.17) is 4.74 Å². The lowest BCUT2D eigenvalue weighted by Crippen LogP contribution is -2.24. The number of aromatic nitrogens is 1. The Bertz CT molecular complexity index is 745. The van der Waals surface area contributed by atoms with E-state index in [0.717, 1.165) is 19.5 Å². The molecule has 0 saturated heterocycles. The summed E-state index contributed by atoms with van der Waals surface area (Å²) in [5.74, 6) is -0.264. The number of methoxy groups -OCH3 is 1. The molecule has 1 aromatic heterocycles. The number of carbonyl (C=O) groups excluding carboxylic acids is 1. The van der Waals surface area contributed by atoms with Crippen LogP contribution in [0, 0.1) is 5.92 Å². The lowest BCUT2D eigenvalue weighted by atomic mass is 9.99. The largest absolute Gasteiger partial charge is 0.469 e. The highest BCUT2D eigenvalue weighted by Gasteiger charge is 2.23. The van der Waals surface area contributed by atoms with E-state index >= 15 is 0 Å². The quantitative estimate of drug-likeness (QED) is 0.813. The van der Waals surface area contributed by atoms with Gasteiger partial charge in [-0.1, -0.05) is 6.92 Å². The van der Waals surface area contributed by atoms with Gasteiger partial charge in [0.15, 0.2) is 0 Å². The van der Waals surface area contributed by atoms with Crippen molar-refractivity contribution in [2.75, 3.05) is 7.11 Å². The number of nitrogens with zero attached hydrogens (tertiary/aromatic N) is 2. The first-order valence-corrected chi connectivity index (χ1v) is 8.32. The third kappa shape index (κ3) is 2.88. The molecule has 4 nitrogen and oxygen atoms in total. The summed E-state index contributed by atoms with van der Waals surface area (Å²) in [5.41, 5.74) is 5.33. The number of hydrogen-bond acceptors (Lipinski definition) is 3. The molecule has 0 radical (unpaired) electrons. The van der Waals surface area contributed by atoms with Crippen molar-refractivity contribution in [2.45, 2.75) is 46.3 Å². The van der Waals surface area contributed by atoms with Gasteiger partial charge in [0.1, 0.15) is 0 Å². The topological polar surface area (TPSA) is 34.5 Å². The monoisotopic (exact) mass is 314 g/mol. The second kappa shape index (κ2) is 6.00. The lowest BCUT2D eigenvalue weighted by molar-refractivity contribution is -0.144. The molecule has 1 atom stereocenters. The molecular formula is C19H26N2O2. The van der Waals surface area contributed by atoms with E-state index in [2.05, 4.69) is 48.7 Å². The fraction of sp³-hybridized carbons (Fsp3) is 0.526. The van der Waals surface area contributed by atoms with Gasteiger partial charge in [0.2, 0.25) is 0 Å². The van der Waals surface area contributed by atoms with Gasteiger partial charge >= 0.3 is 5.97 Å². The zero-order chi connectivity index (χ0) is 16.7. The zero-order valence-electron chi connectivity index (χ0n) is 14.7. The van der Waals surface area contributed by atoms with Crippen molar-refractivity contribution in [3.05, 3.63) is 35.0 Å². The first kappa shape index (κ1) is 16.1. The first-order chi connectivity index (χ1) is 10.9. The van der Waals surface area contributed by atoms with Crippen LogP contribution in [0.15, 0.2) is 18.3 Å². The molecule has 1 aliphatic heterocycles. The second-order valence-corrected chi connectivity index (χ2v) is 7.03. The number of ether oxygens (including phenoxy) is 1. The predicted molar refractivity (Wildman–Crippen MR) is 92.2 cm³/mol. The van der Waals surface area contributed by atoms with Crippen LogP contribution < -0.4 is 0 Å². The van der Waals surface area contributed by atoms with Crippen molar-refractivity contribution in [2.24, 2.45) is 13.0 Å². The molecule has 23 heavy (non-hydrogen) atoms. The van der Waals surface area contributed by atoms with Gasteiger partial charge in [-0.3, -0.25) is 9.69 Å². The van der Waals surface area contributed by atoms with Gasteiger partial charge in [0.05, 0.1) is 13.0 Å². The van der Waals surface area contributed by atoms with Crippen LogP contribution in [0.1, 0.15) is 37.5 Å². The molecule has 124 valence electrons. The molecule has 0 aliphatic carbocycles. The van der Waals surface area contributed by atoms with Gasteiger partial charge in [-0.15, -0.1) is 0 Å². The van der Waals surface area contributed by atoms with Gasteiger partial charge in [-0.25, -0.2) is 0 Å². The van der Waals surface area contributed by atoms with Crippen molar-refractivity contribution < 1.29 is 9.53 Å². The fourth-order valence-electron chi connectivity index (χ4n) is 3.53. The van der Waals surface area contributed by atoms with Crippen LogP contribution in [-0.2, 0) is 36.1 Å². The number of esters is 1. The fourth-order valence-corrected chi connectivity index (χ4v) is 3.53. The average Bonchev–Trinajstić information content (AvgIpc) is 3.06. The number of rotatable bonds is 4. The highest BCUT2D eigenvalue weighted by molar-refractivity contribution is 5.86. The van der Waals surface area contributed by atoms with E-state index in [9.17, 15) is 4.79 Å². The minimum atomic E-state index is -0.144. The van der Waals surface area contributed by atoms with Crippen LogP contribution in [0.25, 0.3) is 10.9 Å². The van der Waals surface area contributed by atoms with Crippen molar-refractivity contribution in [3.63, 3.8) is 0 Å². The first-order valence-electron chi connectivity index (χ1n) is 8.32. The molecule has 0 amide bonds. The van der Waals surface area contributed by atoms with Crippen LogP contribution in [0.5, 0.6) is 0 Å². The Morgan fingerprint density at radius 1 is 1.22 bits per heavy atom. The molecule has 0 spiro atoms. The van der Waals surface area contributed by atoms with E-state index in [1.54, 1.807) is 0 Å². The Hall–Kier alpha value is -1.81. The molecule has 3 rings (SSSR count). The number of fused-ring (bicyclic) bond motifs is 2. The Balaban J connectivity index is 1.97. The Morgan fingerprint density at radius 3 is 2.48 bits per heavy atom. The molecular weight excluding hydrogens is 288 g/mol. The number of benzene rings is 1. The van der Waals surface area contributed by atoms with Crippen molar-refractivity contribution in [3.8, 4) is 0 Å². The van der Waals surface area contributed by atoms with Crippen molar-refractivity contribution >= 4 is 16.9 Å². The summed E-state index contributed by atoms with van der Waals surface area (Å²) in [7, 11) is 3.53. The Labute approximate surface area is 138 Å². The summed E-state index contributed by atoms with van der Waals surface area (Å²) < 4.78 is 7.04. The van der Waals surface area contributed by atoms with Crippen molar-refractivity contribution in [1.82, 2.24) is 9.47 Å². The molecule has 0 fully saturated rings. The molecule has 2 aromatic rings. The molecule has 0 bridgehead atoms. The minimum absolute atomic E-state index is 0.119. The Kier molecular flexibility index (Phi) is 4.19.